The molecule has 4 rings (SSSR count). The second-order valence-electron chi connectivity index (χ2n) is 7.96. The van der Waals surface area contributed by atoms with E-state index in [1.165, 1.54) is 0 Å². The molecule has 1 aromatic rings. The standard InChI is InChI=1S/C18H24N2O3S.C2HF3O2/c1-13-3-2-4-15(19-13)9-23-16-7-18(24-10-16)11-20(12-18)17(21)14-5-6-22-8-14;3-2(4,5)1(6)7/h2-4,14,16H,5-12H2,1H3;(H,6,7). The molecule has 0 radical (unpaired) electrons. The molecule has 4 heterocycles. The fourth-order valence-electron chi connectivity index (χ4n) is 3.81. The normalized spacial score (nSPS) is 24.5. The molecule has 31 heavy (non-hydrogen) atoms. The Kier molecular flexibility index (Phi) is 7.48. The van der Waals surface area contributed by atoms with E-state index >= 15 is 0 Å². The molecule has 3 saturated heterocycles. The van der Waals surface area contributed by atoms with Gasteiger partial charge in [0, 0.05) is 31.1 Å². The molecule has 1 spiro atoms. The monoisotopic (exact) mass is 462 g/mol. The quantitative estimate of drug-likeness (QED) is 0.736. The number of likely N-dealkylation sites (tertiary alicyclic amines) is 1. The predicted molar refractivity (Wildman–Crippen MR) is 107 cm³/mol. The maximum atomic E-state index is 12.4. The minimum Gasteiger partial charge on any atom is -0.475 e. The topological polar surface area (TPSA) is 89.0 Å². The van der Waals surface area contributed by atoms with Crippen molar-refractivity contribution < 1.29 is 37.3 Å². The van der Waals surface area contributed by atoms with Crippen LogP contribution in [-0.2, 0) is 25.7 Å². The summed E-state index contributed by atoms with van der Waals surface area (Å²) in [5.74, 6) is -1.37. The van der Waals surface area contributed by atoms with E-state index in [0.29, 0.717) is 13.2 Å². The third-order valence-corrected chi connectivity index (χ3v) is 6.95. The summed E-state index contributed by atoms with van der Waals surface area (Å²) in [6.07, 6.45) is -2.90. The number of halogens is 3. The van der Waals surface area contributed by atoms with Gasteiger partial charge in [0.1, 0.15) is 0 Å². The first-order valence-electron chi connectivity index (χ1n) is 9.93. The lowest BCUT2D eigenvalue weighted by molar-refractivity contribution is -0.192. The first-order chi connectivity index (χ1) is 14.6. The summed E-state index contributed by atoms with van der Waals surface area (Å²) in [5.41, 5.74) is 2.02. The Hall–Kier alpha value is -1.85. The van der Waals surface area contributed by atoms with Crippen LogP contribution in [0, 0.1) is 12.8 Å². The maximum absolute atomic E-state index is 12.4. The van der Waals surface area contributed by atoms with Gasteiger partial charge in [-0.3, -0.25) is 9.78 Å². The number of alkyl halides is 3. The Labute approximate surface area is 182 Å². The molecular weight excluding hydrogens is 437 g/mol. The third-order valence-electron chi connectivity index (χ3n) is 5.38. The van der Waals surface area contributed by atoms with Gasteiger partial charge in [-0.1, -0.05) is 6.07 Å². The molecule has 3 fully saturated rings. The van der Waals surface area contributed by atoms with Crippen molar-refractivity contribution in [3.8, 4) is 0 Å². The van der Waals surface area contributed by atoms with Gasteiger partial charge in [0.15, 0.2) is 0 Å². The van der Waals surface area contributed by atoms with Crippen LogP contribution in [0.5, 0.6) is 0 Å². The average molecular weight is 462 g/mol. The molecule has 1 amide bonds. The highest BCUT2D eigenvalue weighted by molar-refractivity contribution is 8.01. The van der Waals surface area contributed by atoms with Gasteiger partial charge in [-0.25, -0.2) is 4.79 Å². The van der Waals surface area contributed by atoms with Crippen LogP contribution < -0.4 is 0 Å². The Morgan fingerprint density at radius 3 is 2.68 bits per heavy atom. The number of carboxylic acids is 1. The summed E-state index contributed by atoms with van der Waals surface area (Å²) in [4.78, 5) is 27.8. The minimum atomic E-state index is -5.08. The van der Waals surface area contributed by atoms with Gasteiger partial charge < -0.3 is 19.5 Å². The molecule has 0 aliphatic carbocycles. The highest BCUT2D eigenvalue weighted by Gasteiger charge is 2.51. The Balaban J connectivity index is 0.000000339. The van der Waals surface area contributed by atoms with E-state index in [1.54, 1.807) is 0 Å². The third kappa shape index (κ3) is 6.33. The number of carbonyl (C=O) groups is 2. The largest absolute Gasteiger partial charge is 0.490 e. The molecular formula is C20H25F3N2O5S. The number of amides is 1. The minimum absolute atomic E-state index is 0.0909. The summed E-state index contributed by atoms with van der Waals surface area (Å²) in [6, 6.07) is 6.03. The molecule has 0 bridgehead atoms. The second-order valence-corrected chi connectivity index (χ2v) is 9.45. The van der Waals surface area contributed by atoms with Crippen molar-refractivity contribution >= 4 is 23.6 Å². The van der Waals surface area contributed by atoms with Gasteiger partial charge in [0.05, 0.1) is 35.7 Å². The Morgan fingerprint density at radius 2 is 2.10 bits per heavy atom. The molecule has 0 aromatic carbocycles. The van der Waals surface area contributed by atoms with Crippen LogP contribution in [0.2, 0.25) is 0 Å². The van der Waals surface area contributed by atoms with Crippen LogP contribution in [0.15, 0.2) is 18.2 Å². The fraction of sp³-hybridized carbons (Fsp3) is 0.650. The number of aromatic nitrogens is 1. The molecule has 2 unspecified atom stereocenters. The summed E-state index contributed by atoms with van der Waals surface area (Å²) < 4.78 is 43.4. The SMILES string of the molecule is Cc1cccc(COC2CSC3(C2)CN(C(=O)C2CCOC2)C3)n1.O=C(O)C(F)(F)F. The maximum Gasteiger partial charge on any atom is 0.490 e. The molecule has 0 saturated carbocycles. The summed E-state index contributed by atoms with van der Waals surface area (Å²) >= 11 is 1.97. The lowest BCUT2D eigenvalue weighted by Crippen LogP contribution is -2.62. The number of carbonyl (C=O) groups excluding carboxylic acids is 1. The van der Waals surface area contributed by atoms with Crippen LogP contribution in [0.3, 0.4) is 0 Å². The number of rotatable bonds is 4. The van der Waals surface area contributed by atoms with Crippen molar-refractivity contribution in [2.75, 3.05) is 32.1 Å². The first-order valence-corrected chi connectivity index (χ1v) is 10.9. The molecule has 11 heteroatoms. The smallest absolute Gasteiger partial charge is 0.475 e. The molecule has 1 N–H and O–H groups in total. The number of aliphatic carboxylic acids is 1. The fourth-order valence-corrected chi connectivity index (χ4v) is 5.36. The van der Waals surface area contributed by atoms with Crippen LogP contribution in [0.4, 0.5) is 13.2 Å². The summed E-state index contributed by atoms with van der Waals surface area (Å²) in [7, 11) is 0. The number of aryl methyl sites for hydroxylation is 1. The van der Waals surface area contributed by atoms with Crippen LogP contribution in [0.25, 0.3) is 0 Å². The predicted octanol–water partition coefficient (Wildman–Crippen LogP) is 2.66. The van der Waals surface area contributed by atoms with Crippen molar-refractivity contribution in [3.63, 3.8) is 0 Å². The first kappa shape index (κ1) is 23.8. The van der Waals surface area contributed by atoms with Crippen molar-refractivity contribution in [1.29, 1.82) is 0 Å². The highest BCUT2D eigenvalue weighted by atomic mass is 32.2. The van der Waals surface area contributed by atoms with Gasteiger partial charge in [-0.05, 0) is 31.9 Å². The number of pyridine rings is 1. The van der Waals surface area contributed by atoms with Gasteiger partial charge in [-0.2, -0.15) is 13.2 Å². The lowest BCUT2D eigenvalue weighted by Gasteiger charge is -2.48. The van der Waals surface area contributed by atoms with Gasteiger partial charge >= 0.3 is 12.1 Å². The number of nitrogens with zero attached hydrogens (tertiary/aromatic N) is 2. The van der Waals surface area contributed by atoms with Crippen LogP contribution >= 0.6 is 11.8 Å². The molecule has 3 aliphatic rings. The van der Waals surface area contributed by atoms with Crippen LogP contribution in [0.1, 0.15) is 24.2 Å². The zero-order chi connectivity index (χ0) is 22.6. The van der Waals surface area contributed by atoms with Crippen molar-refractivity contribution in [3.05, 3.63) is 29.6 Å². The van der Waals surface area contributed by atoms with Gasteiger partial charge in [0.25, 0.3) is 0 Å². The van der Waals surface area contributed by atoms with E-state index in [9.17, 15) is 18.0 Å². The van der Waals surface area contributed by atoms with Crippen molar-refractivity contribution in [2.45, 2.75) is 43.4 Å². The molecule has 2 atom stereocenters. The summed E-state index contributed by atoms with van der Waals surface area (Å²) in [6.45, 7) is 5.65. The molecule has 172 valence electrons. The zero-order valence-corrected chi connectivity index (χ0v) is 17.9. The Bertz CT molecular complexity index is 795. The number of hydrogen-bond acceptors (Lipinski definition) is 6. The number of ether oxygens (including phenoxy) is 2. The zero-order valence-electron chi connectivity index (χ0n) is 17.1. The number of carboxylic acid groups (broad SMARTS) is 1. The van der Waals surface area contributed by atoms with E-state index in [0.717, 1.165) is 49.7 Å². The molecule has 7 nitrogen and oxygen atoms in total. The molecule has 3 aliphatic heterocycles. The number of hydrogen-bond donors (Lipinski definition) is 1. The lowest BCUT2D eigenvalue weighted by atomic mass is 9.91. The van der Waals surface area contributed by atoms with E-state index in [4.69, 9.17) is 19.4 Å². The molecule has 1 aromatic heterocycles. The van der Waals surface area contributed by atoms with Crippen molar-refractivity contribution in [1.82, 2.24) is 9.88 Å². The van der Waals surface area contributed by atoms with Crippen LogP contribution in [-0.4, -0.2) is 76.0 Å². The van der Waals surface area contributed by atoms with E-state index in [2.05, 4.69) is 4.98 Å². The van der Waals surface area contributed by atoms with Gasteiger partial charge in [0.2, 0.25) is 5.91 Å². The Morgan fingerprint density at radius 1 is 1.39 bits per heavy atom. The second kappa shape index (κ2) is 9.74. The van der Waals surface area contributed by atoms with E-state index in [-0.39, 0.29) is 22.7 Å². The average Bonchev–Trinajstić information content (AvgIpc) is 3.35. The van der Waals surface area contributed by atoms with E-state index < -0.39 is 12.1 Å². The summed E-state index contributed by atoms with van der Waals surface area (Å²) in [5, 5.41) is 7.12. The van der Waals surface area contributed by atoms with Crippen molar-refractivity contribution in [2.24, 2.45) is 5.92 Å². The van der Waals surface area contributed by atoms with E-state index in [1.807, 2.05) is 41.8 Å². The number of thioether (sulfide) groups is 1. The highest BCUT2D eigenvalue weighted by Crippen LogP contribution is 2.46. The van der Waals surface area contributed by atoms with Gasteiger partial charge in [-0.15, -0.1) is 11.8 Å².